The molecule has 6 nitrogen and oxygen atoms in total. The van der Waals surface area contributed by atoms with Gasteiger partial charge >= 0.3 is 0 Å². The number of rotatable bonds is 8. The van der Waals surface area contributed by atoms with Crippen LogP contribution in [-0.4, -0.2) is 58.7 Å². The van der Waals surface area contributed by atoms with Gasteiger partial charge in [-0.2, -0.15) is 0 Å². The van der Waals surface area contributed by atoms with Crippen molar-refractivity contribution in [2.45, 2.75) is 51.3 Å². The lowest BCUT2D eigenvalue weighted by Crippen LogP contribution is -2.40. The van der Waals surface area contributed by atoms with Crippen LogP contribution in [-0.2, 0) is 17.6 Å². The lowest BCUT2D eigenvalue weighted by atomic mass is 9.88. The number of nitrogens with zero attached hydrogens (tertiary/aromatic N) is 2. The summed E-state index contributed by atoms with van der Waals surface area (Å²) in [6.45, 7) is 4.80. The second-order valence-corrected chi connectivity index (χ2v) is 6.65. The predicted molar refractivity (Wildman–Crippen MR) is 88.1 cm³/mol. The molecule has 1 aliphatic carbocycles. The average molecular weight is 323 g/mol. The highest BCUT2D eigenvalue weighted by Crippen LogP contribution is 2.34. The summed E-state index contributed by atoms with van der Waals surface area (Å²) in [4.78, 5) is 8.87. The van der Waals surface area contributed by atoms with Crippen molar-refractivity contribution in [2.24, 2.45) is 11.8 Å². The van der Waals surface area contributed by atoms with E-state index in [0.717, 1.165) is 17.9 Å². The third kappa shape index (κ3) is 4.94. The Morgan fingerprint density at radius 1 is 1.39 bits per heavy atom. The van der Waals surface area contributed by atoms with Gasteiger partial charge in [-0.05, 0) is 24.8 Å². The molecule has 0 bridgehead atoms. The summed E-state index contributed by atoms with van der Waals surface area (Å²) in [6, 6.07) is 2.45. The van der Waals surface area contributed by atoms with E-state index in [-0.39, 0.29) is 24.5 Å². The molecule has 23 heavy (non-hydrogen) atoms. The highest BCUT2D eigenvalue weighted by molar-refractivity contribution is 5.08. The monoisotopic (exact) mass is 323 g/mol. The highest BCUT2D eigenvalue weighted by Gasteiger charge is 2.42. The quantitative estimate of drug-likeness (QED) is 0.648. The van der Waals surface area contributed by atoms with E-state index >= 15 is 0 Å². The van der Waals surface area contributed by atoms with Gasteiger partial charge in [0.1, 0.15) is 5.82 Å². The topological polar surface area (TPSA) is 87.5 Å². The summed E-state index contributed by atoms with van der Waals surface area (Å²) in [5.41, 5.74) is 0.958. The Kier molecular flexibility index (Phi) is 6.89. The molecule has 1 saturated carbocycles. The Balaban J connectivity index is 2.10. The second kappa shape index (κ2) is 8.68. The van der Waals surface area contributed by atoms with Crippen LogP contribution in [0.25, 0.3) is 0 Å². The lowest BCUT2D eigenvalue weighted by Gasteiger charge is -2.26. The van der Waals surface area contributed by atoms with Crippen LogP contribution in [0.2, 0.25) is 0 Å². The number of ether oxygens (including phenoxy) is 1. The zero-order valence-corrected chi connectivity index (χ0v) is 14.3. The number of methoxy groups -OCH3 is 1. The van der Waals surface area contributed by atoms with Crippen molar-refractivity contribution in [3.63, 3.8) is 0 Å². The van der Waals surface area contributed by atoms with Gasteiger partial charge < -0.3 is 20.3 Å². The van der Waals surface area contributed by atoms with Gasteiger partial charge in [0.25, 0.3) is 0 Å². The Labute approximate surface area is 138 Å². The molecule has 1 aromatic rings. The van der Waals surface area contributed by atoms with E-state index in [2.05, 4.69) is 29.1 Å². The van der Waals surface area contributed by atoms with E-state index in [4.69, 9.17) is 4.74 Å². The van der Waals surface area contributed by atoms with E-state index in [1.165, 1.54) is 0 Å². The first-order chi connectivity index (χ1) is 11.0. The van der Waals surface area contributed by atoms with E-state index < -0.39 is 6.10 Å². The SMILES string of the molecule is COCCc1nccc(C[C@@H]2[C@@H](CO)[C@H](O)C[C@H]2NC(C)C)n1. The number of aliphatic hydroxyl groups excluding tert-OH is 2. The van der Waals surface area contributed by atoms with Crippen molar-refractivity contribution in [2.75, 3.05) is 20.3 Å². The summed E-state index contributed by atoms with van der Waals surface area (Å²) in [6.07, 6.45) is 3.41. The smallest absolute Gasteiger partial charge is 0.130 e. The molecule has 0 aromatic carbocycles. The van der Waals surface area contributed by atoms with Crippen LogP contribution in [0.1, 0.15) is 31.8 Å². The molecule has 3 N–H and O–H groups in total. The minimum atomic E-state index is -0.462. The maximum Gasteiger partial charge on any atom is 0.130 e. The van der Waals surface area contributed by atoms with E-state index in [9.17, 15) is 10.2 Å². The molecule has 0 radical (unpaired) electrons. The highest BCUT2D eigenvalue weighted by atomic mass is 16.5. The van der Waals surface area contributed by atoms with Gasteiger partial charge in [-0.1, -0.05) is 13.8 Å². The van der Waals surface area contributed by atoms with Crippen LogP contribution in [0.3, 0.4) is 0 Å². The molecular formula is C17H29N3O3. The van der Waals surface area contributed by atoms with E-state index in [1.54, 1.807) is 13.3 Å². The zero-order valence-electron chi connectivity index (χ0n) is 14.3. The van der Waals surface area contributed by atoms with Crippen molar-refractivity contribution in [3.8, 4) is 0 Å². The summed E-state index contributed by atoms with van der Waals surface area (Å²) in [5.74, 6) is 0.836. The average Bonchev–Trinajstić information content (AvgIpc) is 2.79. The first-order valence-electron chi connectivity index (χ1n) is 8.39. The summed E-state index contributed by atoms with van der Waals surface area (Å²) in [7, 11) is 1.66. The number of nitrogens with one attached hydrogen (secondary N) is 1. The summed E-state index contributed by atoms with van der Waals surface area (Å²) < 4.78 is 5.07. The van der Waals surface area contributed by atoms with Crippen molar-refractivity contribution in [3.05, 3.63) is 23.8 Å². The molecule has 0 aliphatic heterocycles. The molecule has 0 saturated heterocycles. The molecule has 0 amide bonds. The molecule has 1 aromatic heterocycles. The summed E-state index contributed by atoms with van der Waals surface area (Å²) in [5, 5.41) is 23.4. The Morgan fingerprint density at radius 3 is 2.83 bits per heavy atom. The fourth-order valence-electron chi connectivity index (χ4n) is 3.47. The van der Waals surface area contributed by atoms with Crippen molar-refractivity contribution < 1.29 is 14.9 Å². The van der Waals surface area contributed by atoms with E-state index in [0.29, 0.717) is 25.5 Å². The van der Waals surface area contributed by atoms with Crippen molar-refractivity contribution in [1.82, 2.24) is 15.3 Å². The first kappa shape index (κ1) is 18.3. The maximum absolute atomic E-state index is 10.2. The van der Waals surface area contributed by atoms with Crippen LogP contribution in [0.5, 0.6) is 0 Å². The zero-order chi connectivity index (χ0) is 16.8. The first-order valence-corrected chi connectivity index (χ1v) is 8.39. The van der Waals surface area contributed by atoms with Crippen LogP contribution in [0.15, 0.2) is 12.3 Å². The largest absolute Gasteiger partial charge is 0.396 e. The Bertz CT molecular complexity index is 484. The van der Waals surface area contributed by atoms with Crippen LogP contribution in [0, 0.1) is 11.8 Å². The van der Waals surface area contributed by atoms with Crippen LogP contribution >= 0.6 is 0 Å². The van der Waals surface area contributed by atoms with Gasteiger partial charge in [-0.25, -0.2) is 9.97 Å². The fraction of sp³-hybridized carbons (Fsp3) is 0.765. The molecule has 6 heteroatoms. The normalized spacial score (nSPS) is 27.7. The lowest BCUT2D eigenvalue weighted by molar-refractivity contribution is 0.0715. The molecule has 0 spiro atoms. The Hall–Kier alpha value is -1.08. The number of aromatic nitrogens is 2. The van der Waals surface area contributed by atoms with E-state index in [1.807, 2.05) is 6.07 Å². The molecule has 1 fully saturated rings. The minimum Gasteiger partial charge on any atom is -0.396 e. The molecule has 130 valence electrons. The fourth-order valence-corrected chi connectivity index (χ4v) is 3.47. The van der Waals surface area contributed by atoms with Crippen molar-refractivity contribution >= 4 is 0 Å². The second-order valence-electron chi connectivity index (χ2n) is 6.65. The maximum atomic E-state index is 10.2. The molecule has 1 heterocycles. The Morgan fingerprint density at radius 2 is 2.17 bits per heavy atom. The van der Waals surface area contributed by atoms with Gasteiger partial charge in [0.05, 0.1) is 12.7 Å². The van der Waals surface area contributed by atoms with Crippen LogP contribution < -0.4 is 5.32 Å². The van der Waals surface area contributed by atoms with Gasteiger partial charge in [-0.3, -0.25) is 0 Å². The molecule has 0 unspecified atom stereocenters. The van der Waals surface area contributed by atoms with Gasteiger partial charge in [0, 0.05) is 50.0 Å². The van der Waals surface area contributed by atoms with Gasteiger partial charge in [0.15, 0.2) is 0 Å². The molecule has 1 aliphatic rings. The van der Waals surface area contributed by atoms with Crippen molar-refractivity contribution in [1.29, 1.82) is 0 Å². The predicted octanol–water partition coefficient (Wildman–Crippen LogP) is 0.564. The third-order valence-corrected chi connectivity index (χ3v) is 4.55. The molecule has 4 atom stereocenters. The molecule has 2 rings (SSSR count). The third-order valence-electron chi connectivity index (χ3n) is 4.55. The number of aliphatic hydroxyl groups is 2. The number of hydrogen-bond donors (Lipinski definition) is 3. The summed E-state index contributed by atoms with van der Waals surface area (Å²) >= 11 is 0. The van der Waals surface area contributed by atoms with Gasteiger partial charge in [0.2, 0.25) is 0 Å². The standard InChI is InChI=1S/C17H29N3O3/c1-11(2)19-15-9-16(22)14(10-21)13(15)8-12-4-6-18-17(20-12)5-7-23-3/h4,6,11,13-16,19,21-22H,5,7-10H2,1-3H3/t13-,14-,15-,16-/m1/s1. The number of hydrogen-bond acceptors (Lipinski definition) is 6. The minimum absolute atomic E-state index is 0.00369. The van der Waals surface area contributed by atoms with Crippen LogP contribution in [0.4, 0.5) is 0 Å². The molecular weight excluding hydrogens is 294 g/mol. The van der Waals surface area contributed by atoms with Gasteiger partial charge in [-0.15, -0.1) is 0 Å².